The van der Waals surface area contributed by atoms with Gasteiger partial charge in [-0.2, -0.15) is 4.31 Å². The molecule has 6 heteroatoms. The number of benzene rings is 1. The van der Waals surface area contributed by atoms with Crippen LogP contribution in [0.2, 0.25) is 5.02 Å². The van der Waals surface area contributed by atoms with Crippen molar-refractivity contribution in [2.75, 3.05) is 13.1 Å². The highest BCUT2D eigenvalue weighted by Crippen LogP contribution is 2.23. The van der Waals surface area contributed by atoms with Crippen LogP contribution in [0.3, 0.4) is 0 Å². The highest BCUT2D eigenvalue weighted by Gasteiger charge is 2.22. The van der Waals surface area contributed by atoms with E-state index in [1.54, 1.807) is 19.1 Å². The molecule has 0 spiro atoms. The van der Waals surface area contributed by atoms with Crippen molar-refractivity contribution >= 4 is 21.6 Å². The first-order chi connectivity index (χ1) is 8.47. The average molecular weight is 289 g/mol. The average Bonchev–Trinajstić information content (AvgIpc) is 2.35. The van der Waals surface area contributed by atoms with Crippen molar-refractivity contribution in [3.63, 3.8) is 0 Å². The minimum absolute atomic E-state index is 0.174. The monoisotopic (exact) mass is 288 g/mol. The van der Waals surface area contributed by atoms with Crippen LogP contribution in [0.4, 0.5) is 0 Å². The summed E-state index contributed by atoms with van der Waals surface area (Å²) in [6, 6.07) is 4.59. The van der Waals surface area contributed by atoms with Gasteiger partial charge >= 0.3 is 0 Å². The minimum Gasteiger partial charge on any atom is -0.326 e. The summed E-state index contributed by atoms with van der Waals surface area (Å²) < 4.78 is 25.9. The van der Waals surface area contributed by atoms with Crippen LogP contribution < -0.4 is 5.73 Å². The smallest absolute Gasteiger partial charge is 0.243 e. The number of hydrogen-bond donors (Lipinski definition) is 1. The summed E-state index contributed by atoms with van der Waals surface area (Å²) in [6.45, 7) is 6.26. The third-order valence-electron chi connectivity index (χ3n) is 2.57. The lowest BCUT2D eigenvalue weighted by molar-refractivity contribution is 0.460. The van der Waals surface area contributed by atoms with Crippen molar-refractivity contribution in [1.82, 2.24) is 4.31 Å². The lowest BCUT2D eigenvalue weighted by Crippen LogP contribution is -2.31. The molecule has 0 aliphatic carbocycles. The second kappa shape index (κ2) is 6.33. The second-order valence-corrected chi connectivity index (χ2v) is 6.05. The Hall–Kier alpha value is -0.880. The van der Waals surface area contributed by atoms with E-state index in [4.69, 9.17) is 17.3 Å². The predicted octanol–water partition coefficient (Wildman–Crippen LogP) is 2.00. The standard InChI is InChI=1S/C12H17ClN2O2S/c1-3-7-15(4-2)18(16,17)11-6-5-10(9-14)12(13)8-11/h3,5-6,8H,1,4,7,9,14H2,2H3. The molecule has 0 heterocycles. The maximum atomic E-state index is 12.3. The zero-order valence-corrected chi connectivity index (χ0v) is 11.8. The fraction of sp³-hybridized carbons (Fsp3) is 0.333. The minimum atomic E-state index is -3.52. The van der Waals surface area contributed by atoms with Crippen molar-refractivity contribution in [3.8, 4) is 0 Å². The Bertz CT molecular complexity index is 529. The van der Waals surface area contributed by atoms with E-state index in [0.29, 0.717) is 11.6 Å². The Morgan fingerprint density at radius 2 is 2.17 bits per heavy atom. The maximum Gasteiger partial charge on any atom is 0.243 e. The predicted molar refractivity (Wildman–Crippen MR) is 74.0 cm³/mol. The molecule has 0 aliphatic rings. The van der Waals surface area contributed by atoms with E-state index >= 15 is 0 Å². The number of sulfonamides is 1. The van der Waals surface area contributed by atoms with Crippen molar-refractivity contribution in [1.29, 1.82) is 0 Å². The largest absolute Gasteiger partial charge is 0.326 e. The molecule has 0 radical (unpaired) electrons. The molecule has 1 aromatic rings. The molecule has 0 saturated carbocycles. The first kappa shape index (κ1) is 15.2. The van der Waals surface area contributed by atoms with Gasteiger partial charge in [0.2, 0.25) is 10.0 Å². The second-order valence-electron chi connectivity index (χ2n) is 3.70. The first-order valence-corrected chi connectivity index (χ1v) is 7.38. The molecular weight excluding hydrogens is 272 g/mol. The van der Waals surface area contributed by atoms with Crippen molar-refractivity contribution in [2.24, 2.45) is 5.73 Å². The molecule has 18 heavy (non-hydrogen) atoms. The topological polar surface area (TPSA) is 63.4 Å². The molecule has 0 aromatic heterocycles. The number of hydrogen-bond acceptors (Lipinski definition) is 3. The van der Waals surface area contributed by atoms with Crippen LogP contribution in [0, 0.1) is 0 Å². The summed E-state index contributed by atoms with van der Waals surface area (Å²) in [5.74, 6) is 0. The van der Waals surface area contributed by atoms with Crippen LogP contribution in [-0.4, -0.2) is 25.8 Å². The highest BCUT2D eigenvalue weighted by atomic mass is 35.5. The summed E-state index contributed by atoms with van der Waals surface area (Å²) >= 11 is 5.98. The molecule has 1 rings (SSSR count). The van der Waals surface area contributed by atoms with E-state index in [2.05, 4.69) is 6.58 Å². The number of rotatable bonds is 6. The van der Waals surface area contributed by atoms with Crippen LogP contribution >= 0.6 is 11.6 Å². The summed E-state index contributed by atoms with van der Waals surface area (Å²) in [6.07, 6.45) is 1.55. The Balaban J connectivity index is 3.19. The van der Waals surface area contributed by atoms with Crippen molar-refractivity contribution in [2.45, 2.75) is 18.4 Å². The Labute approximate surface area is 113 Å². The molecule has 0 fully saturated rings. The van der Waals surface area contributed by atoms with Crippen LogP contribution in [0.25, 0.3) is 0 Å². The Kier molecular flexibility index (Phi) is 5.34. The molecule has 1 aromatic carbocycles. The van der Waals surface area contributed by atoms with Gasteiger partial charge in [-0.1, -0.05) is 30.7 Å². The Morgan fingerprint density at radius 3 is 2.61 bits per heavy atom. The molecule has 0 aliphatic heterocycles. The van der Waals surface area contributed by atoms with Gasteiger partial charge in [0.15, 0.2) is 0 Å². The third-order valence-corrected chi connectivity index (χ3v) is 4.86. The maximum absolute atomic E-state index is 12.3. The Morgan fingerprint density at radius 1 is 1.50 bits per heavy atom. The van der Waals surface area contributed by atoms with Gasteiger partial charge in [0.1, 0.15) is 0 Å². The molecule has 0 bridgehead atoms. The quantitative estimate of drug-likeness (QED) is 0.814. The number of nitrogens with two attached hydrogens (primary N) is 1. The van der Waals surface area contributed by atoms with E-state index in [1.807, 2.05) is 0 Å². The molecule has 0 atom stereocenters. The van der Waals surface area contributed by atoms with E-state index in [9.17, 15) is 8.42 Å². The van der Waals surface area contributed by atoms with Crippen LogP contribution in [0.1, 0.15) is 12.5 Å². The molecule has 100 valence electrons. The SMILES string of the molecule is C=CCN(CC)S(=O)(=O)c1ccc(CN)c(Cl)c1. The van der Waals surface area contributed by atoms with E-state index in [-0.39, 0.29) is 18.0 Å². The van der Waals surface area contributed by atoms with Crippen LogP contribution in [-0.2, 0) is 16.6 Å². The van der Waals surface area contributed by atoms with Crippen molar-refractivity contribution in [3.05, 3.63) is 41.4 Å². The summed E-state index contributed by atoms with van der Waals surface area (Å²) in [7, 11) is -3.52. The number of likely N-dealkylation sites (N-methyl/N-ethyl adjacent to an activating group) is 1. The summed E-state index contributed by atoms with van der Waals surface area (Å²) in [5.41, 5.74) is 6.21. The van der Waals surface area contributed by atoms with Gasteiger partial charge in [-0.15, -0.1) is 6.58 Å². The van der Waals surface area contributed by atoms with Crippen molar-refractivity contribution < 1.29 is 8.42 Å². The molecule has 0 unspecified atom stereocenters. The molecule has 0 saturated heterocycles. The van der Waals surface area contributed by atoms with Gasteiger partial charge in [-0.05, 0) is 17.7 Å². The van der Waals surface area contributed by atoms with Gasteiger partial charge in [0.05, 0.1) is 4.90 Å². The van der Waals surface area contributed by atoms with Gasteiger partial charge < -0.3 is 5.73 Å². The highest BCUT2D eigenvalue weighted by molar-refractivity contribution is 7.89. The van der Waals surface area contributed by atoms with E-state index < -0.39 is 10.0 Å². The zero-order chi connectivity index (χ0) is 13.8. The molecular formula is C12H17ClN2O2S. The molecule has 4 nitrogen and oxygen atoms in total. The molecule has 2 N–H and O–H groups in total. The lowest BCUT2D eigenvalue weighted by atomic mass is 10.2. The van der Waals surface area contributed by atoms with E-state index in [0.717, 1.165) is 5.56 Å². The molecule has 0 amide bonds. The fourth-order valence-electron chi connectivity index (χ4n) is 1.54. The van der Waals surface area contributed by atoms with Gasteiger partial charge in [-0.25, -0.2) is 8.42 Å². The first-order valence-electron chi connectivity index (χ1n) is 5.56. The zero-order valence-electron chi connectivity index (χ0n) is 10.3. The normalized spacial score (nSPS) is 11.8. The summed E-state index contributed by atoms with van der Waals surface area (Å²) in [4.78, 5) is 0.174. The third kappa shape index (κ3) is 3.11. The van der Waals surface area contributed by atoms with Gasteiger partial charge in [0.25, 0.3) is 0 Å². The van der Waals surface area contributed by atoms with E-state index in [1.165, 1.54) is 16.4 Å². The fourth-order valence-corrected chi connectivity index (χ4v) is 3.31. The van der Waals surface area contributed by atoms with Gasteiger partial charge in [-0.3, -0.25) is 0 Å². The van der Waals surface area contributed by atoms with Crippen LogP contribution in [0.5, 0.6) is 0 Å². The number of nitrogens with zero attached hydrogens (tertiary/aromatic N) is 1. The van der Waals surface area contributed by atoms with Gasteiger partial charge in [0, 0.05) is 24.7 Å². The summed E-state index contributed by atoms with van der Waals surface area (Å²) in [5, 5.41) is 0.369. The van der Waals surface area contributed by atoms with Crippen LogP contribution in [0.15, 0.2) is 35.7 Å². The number of halogens is 1. The lowest BCUT2D eigenvalue weighted by Gasteiger charge is -2.19.